The van der Waals surface area contributed by atoms with Gasteiger partial charge in [-0.25, -0.2) is 17.9 Å². The third-order valence-corrected chi connectivity index (χ3v) is 6.13. The van der Waals surface area contributed by atoms with Crippen molar-refractivity contribution < 1.29 is 23.1 Å². The smallest absolute Gasteiger partial charge is 0.337 e. The number of sulfonamides is 1. The number of hydrogen-bond acceptors (Lipinski definition) is 5. The third-order valence-electron chi connectivity index (χ3n) is 3.48. The highest BCUT2D eigenvalue weighted by atomic mass is 32.2. The number of carboxylic acids is 1. The molecule has 0 spiro atoms. The monoisotopic (exact) mass is 382 g/mol. The summed E-state index contributed by atoms with van der Waals surface area (Å²) in [5, 5.41) is 13.0. The van der Waals surface area contributed by atoms with Crippen LogP contribution in [0.2, 0.25) is 0 Å². The lowest BCUT2D eigenvalue weighted by atomic mass is 10.2. The van der Waals surface area contributed by atoms with E-state index in [9.17, 15) is 18.0 Å². The van der Waals surface area contributed by atoms with Gasteiger partial charge in [-0.3, -0.25) is 4.79 Å². The fraction of sp³-hybridized carbons (Fsp3) is 0.250. The van der Waals surface area contributed by atoms with Gasteiger partial charge in [0.05, 0.1) is 21.0 Å². The molecule has 1 aromatic carbocycles. The number of thiophene rings is 1. The first kappa shape index (κ1) is 19.1. The minimum absolute atomic E-state index is 0.00877. The van der Waals surface area contributed by atoms with E-state index in [1.165, 1.54) is 23.6 Å². The second-order valence-corrected chi connectivity index (χ2v) is 8.01. The molecule has 1 amide bonds. The molecule has 134 valence electrons. The number of para-hydroxylation sites is 1. The summed E-state index contributed by atoms with van der Waals surface area (Å²) in [6.45, 7) is 3.61. The van der Waals surface area contributed by atoms with Crippen molar-refractivity contribution >= 4 is 38.9 Å². The fourth-order valence-corrected chi connectivity index (χ4v) is 4.45. The molecule has 0 saturated carbocycles. The first-order valence-corrected chi connectivity index (χ1v) is 9.85. The lowest BCUT2D eigenvalue weighted by Gasteiger charge is -2.10. The number of amides is 1. The van der Waals surface area contributed by atoms with Crippen molar-refractivity contribution in [1.29, 1.82) is 0 Å². The van der Waals surface area contributed by atoms with Crippen LogP contribution in [0.15, 0.2) is 40.6 Å². The van der Waals surface area contributed by atoms with Gasteiger partial charge in [-0.1, -0.05) is 19.1 Å². The van der Waals surface area contributed by atoms with Crippen molar-refractivity contribution in [1.82, 2.24) is 4.72 Å². The van der Waals surface area contributed by atoms with E-state index in [1.54, 1.807) is 19.1 Å². The highest BCUT2D eigenvalue weighted by Gasteiger charge is 2.21. The van der Waals surface area contributed by atoms with Crippen molar-refractivity contribution in [3.05, 3.63) is 46.2 Å². The van der Waals surface area contributed by atoms with E-state index < -0.39 is 21.9 Å². The van der Waals surface area contributed by atoms with Crippen molar-refractivity contribution in [2.75, 3.05) is 5.32 Å². The standard InChI is InChI=1S/C16H18N2O5S2/c1-3-10(2)18-25(22,23)11-8-14(24-9-11)15(19)17-13-7-5-4-6-12(13)16(20)21/h4-10,18H,3H2,1-2H3,(H,17,19)(H,20,21)/t10-/m0/s1. The SMILES string of the molecule is CC[C@H](C)NS(=O)(=O)c1csc(C(=O)Nc2ccccc2C(=O)O)c1. The normalized spacial score (nSPS) is 12.6. The van der Waals surface area contributed by atoms with E-state index >= 15 is 0 Å². The summed E-state index contributed by atoms with van der Waals surface area (Å²) < 4.78 is 27.0. The number of carbonyl (C=O) groups is 2. The van der Waals surface area contributed by atoms with E-state index in [0.717, 1.165) is 11.3 Å². The lowest BCUT2D eigenvalue weighted by Crippen LogP contribution is -2.31. The van der Waals surface area contributed by atoms with E-state index in [2.05, 4.69) is 10.0 Å². The quantitative estimate of drug-likeness (QED) is 0.681. The molecule has 2 rings (SSSR count). The van der Waals surface area contributed by atoms with E-state index in [1.807, 2.05) is 6.92 Å². The van der Waals surface area contributed by atoms with Crippen LogP contribution in [0.3, 0.4) is 0 Å². The Morgan fingerprint density at radius 2 is 1.96 bits per heavy atom. The fourth-order valence-electron chi connectivity index (χ4n) is 1.96. The Morgan fingerprint density at radius 1 is 1.28 bits per heavy atom. The van der Waals surface area contributed by atoms with Gasteiger partial charge >= 0.3 is 5.97 Å². The zero-order chi connectivity index (χ0) is 18.6. The molecule has 3 N–H and O–H groups in total. The summed E-state index contributed by atoms with van der Waals surface area (Å²) in [5.74, 6) is -1.73. The second kappa shape index (κ2) is 7.77. The molecule has 2 aromatic rings. The molecule has 0 aliphatic rings. The highest BCUT2D eigenvalue weighted by Crippen LogP contribution is 2.22. The molecule has 7 nitrogen and oxygen atoms in total. The minimum Gasteiger partial charge on any atom is -0.478 e. The molecule has 0 saturated heterocycles. The number of benzene rings is 1. The topological polar surface area (TPSA) is 113 Å². The van der Waals surface area contributed by atoms with Crippen LogP contribution < -0.4 is 10.0 Å². The first-order chi connectivity index (χ1) is 11.7. The van der Waals surface area contributed by atoms with Crippen LogP contribution in [0.4, 0.5) is 5.69 Å². The molecule has 1 heterocycles. The van der Waals surface area contributed by atoms with Crippen LogP contribution in [-0.2, 0) is 10.0 Å². The van der Waals surface area contributed by atoms with Crippen molar-refractivity contribution in [3.63, 3.8) is 0 Å². The van der Waals surface area contributed by atoms with Crippen LogP contribution in [0.1, 0.15) is 40.3 Å². The number of carbonyl (C=O) groups excluding carboxylic acids is 1. The van der Waals surface area contributed by atoms with E-state index in [0.29, 0.717) is 6.42 Å². The van der Waals surface area contributed by atoms with Gasteiger partial charge in [-0.05, 0) is 31.5 Å². The summed E-state index contributed by atoms with van der Waals surface area (Å²) in [4.78, 5) is 23.6. The summed E-state index contributed by atoms with van der Waals surface area (Å²) >= 11 is 0.974. The minimum atomic E-state index is -3.69. The maximum Gasteiger partial charge on any atom is 0.337 e. The third kappa shape index (κ3) is 4.65. The van der Waals surface area contributed by atoms with Crippen LogP contribution >= 0.6 is 11.3 Å². The summed E-state index contributed by atoms with van der Waals surface area (Å²) in [6, 6.07) is 7.05. The number of rotatable bonds is 7. The largest absolute Gasteiger partial charge is 0.478 e. The summed E-state index contributed by atoms with van der Waals surface area (Å²) in [6.07, 6.45) is 0.642. The molecule has 25 heavy (non-hydrogen) atoms. The molecule has 1 atom stereocenters. The number of nitrogens with one attached hydrogen (secondary N) is 2. The molecular formula is C16H18N2O5S2. The van der Waals surface area contributed by atoms with Crippen LogP contribution in [0, 0.1) is 0 Å². The number of anilines is 1. The van der Waals surface area contributed by atoms with Crippen molar-refractivity contribution in [3.8, 4) is 0 Å². The Labute approximate surface area is 149 Å². The van der Waals surface area contributed by atoms with Gasteiger partial charge in [0.15, 0.2) is 0 Å². The van der Waals surface area contributed by atoms with Crippen LogP contribution in [0.5, 0.6) is 0 Å². The predicted molar refractivity (Wildman–Crippen MR) is 95.7 cm³/mol. The maximum absolute atomic E-state index is 12.3. The first-order valence-electron chi connectivity index (χ1n) is 7.49. The Bertz CT molecular complexity index is 889. The van der Waals surface area contributed by atoms with Gasteiger partial charge in [0, 0.05) is 11.4 Å². The predicted octanol–water partition coefficient (Wildman–Crippen LogP) is 2.78. The summed E-state index contributed by atoms with van der Waals surface area (Å²) in [5.41, 5.74) is 0.106. The van der Waals surface area contributed by atoms with E-state index in [-0.39, 0.29) is 27.1 Å². The molecule has 0 bridgehead atoms. The molecular weight excluding hydrogens is 364 g/mol. The average Bonchev–Trinajstić information content (AvgIpc) is 3.05. The van der Waals surface area contributed by atoms with Gasteiger partial charge in [0.2, 0.25) is 10.0 Å². The molecule has 0 radical (unpaired) electrons. The molecule has 0 fully saturated rings. The molecule has 0 aliphatic carbocycles. The van der Waals surface area contributed by atoms with Crippen molar-refractivity contribution in [2.45, 2.75) is 31.2 Å². The van der Waals surface area contributed by atoms with Gasteiger partial charge in [-0.2, -0.15) is 0 Å². The Kier molecular flexibility index (Phi) is 5.93. The molecule has 0 aliphatic heterocycles. The van der Waals surface area contributed by atoms with Crippen LogP contribution in [-0.4, -0.2) is 31.4 Å². The van der Waals surface area contributed by atoms with Gasteiger partial charge in [0.25, 0.3) is 5.91 Å². The lowest BCUT2D eigenvalue weighted by molar-refractivity contribution is 0.0698. The average molecular weight is 382 g/mol. The Morgan fingerprint density at radius 3 is 2.60 bits per heavy atom. The zero-order valence-electron chi connectivity index (χ0n) is 13.6. The number of carboxylic acid groups (broad SMARTS) is 1. The zero-order valence-corrected chi connectivity index (χ0v) is 15.3. The molecule has 1 aromatic heterocycles. The molecule has 0 unspecified atom stereocenters. The van der Waals surface area contributed by atoms with E-state index in [4.69, 9.17) is 5.11 Å². The second-order valence-electron chi connectivity index (χ2n) is 5.38. The Hall–Kier alpha value is -2.23. The van der Waals surface area contributed by atoms with Gasteiger partial charge in [-0.15, -0.1) is 11.3 Å². The van der Waals surface area contributed by atoms with Crippen LogP contribution in [0.25, 0.3) is 0 Å². The number of hydrogen-bond donors (Lipinski definition) is 3. The summed E-state index contributed by atoms with van der Waals surface area (Å²) in [7, 11) is -3.69. The maximum atomic E-state index is 12.3. The molecule has 9 heteroatoms. The number of aromatic carboxylic acids is 1. The highest BCUT2D eigenvalue weighted by molar-refractivity contribution is 7.89. The van der Waals surface area contributed by atoms with Gasteiger partial charge < -0.3 is 10.4 Å². The Balaban J connectivity index is 2.20. The van der Waals surface area contributed by atoms with Gasteiger partial charge in [0.1, 0.15) is 0 Å². The van der Waals surface area contributed by atoms with Crippen molar-refractivity contribution in [2.24, 2.45) is 0 Å².